The number of nitrogens with one attached hydrogen (secondary N) is 1. The number of rotatable bonds is 10. The van der Waals surface area contributed by atoms with E-state index in [9.17, 15) is 28.3 Å². The summed E-state index contributed by atoms with van der Waals surface area (Å²) < 4.78 is 49.5. The zero-order valence-corrected chi connectivity index (χ0v) is 18.8. The van der Waals surface area contributed by atoms with Crippen molar-refractivity contribution in [2.45, 2.75) is 37.2 Å². The summed E-state index contributed by atoms with van der Waals surface area (Å²) in [5.41, 5.74) is -0.265. The summed E-state index contributed by atoms with van der Waals surface area (Å²) in [6.07, 6.45) is -5.69. The Labute approximate surface area is 198 Å². The third kappa shape index (κ3) is 6.81. The van der Waals surface area contributed by atoms with Gasteiger partial charge in [0.15, 0.2) is 6.10 Å². The molecule has 0 spiro atoms. The van der Waals surface area contributed by atoms with Crippen LogP contribution in [-0.4, -0.2) is 71.8 Å². The molecule has 1 aromatic heterocycles. The average Bonchev–Trinajstić information content (AvgIpc) is 3.05. The molecule has 190 valence electrons. The van der Waals surface area contributed by atoms with Crippen molar-refractivity contribution in [1.82, 2.24) is 9.55 Å². The third-order valence-corrected chi connectivity index (χ3v) is 5.08. The molecule has 2 N–H and O–H groups in total. The minimum Gasteiger partial charge on any atom is -0.463 e. The summed E-state index contributed by atoms with van der Waals surface area (Å²) in [7, 11) is 1.42. The first kappa shape index (κ1) is 26.2. The summed E-state index contributed by atoms with van der Waals surface area (Å²) >= 11 is 0. The number of ether oxygens (including phenoxy) is 4. The van der Waals surface area contributed by atoms with Gasteiger partial charge in [0.05, 0.1) is 6.61 Å². The average molecular weight is 497 g/mol. The van der Waals surface area contributed by atoms with Crippen molar-refractivity contribution in [2.24, 2.45) is 0 Å². The second kappa shape index (κ2) is 11.8. The van der Waals surface area contributed by atoms with Crippen molar-refractivity contribution in [1.29, 1.82) is 0 Å². The van der Waals surface area contributed by atoms with E-state index in [1.54, 1.807) is 0 Å². The zero-order valence-electron chi connectivity index (χ0n) is 18.8. The van der Waals surface area contributed by atoms with Crippen molar-refractivity contribution >= 4 is 17.9 Å². The first-order valence-corrected chi connectivity index (χ1v) is 10.6. The fourth-order valence-electron chi connectivity index (χ4n) is 3.26. The molecule has 13 heteroatoms. The second-order valence-corrected chi connectivity index (χ2v) is 7.57. The highest BCUT2D eigenvalue weighted by Gasteiger charge is 2.60. The van der Waals surface area contributed by atoms with Gasteiger partial charge in [-0.3, -0.25) is 14.7 Å². The van der Waals surface area contributed by atoms with Crippen LogP contribution < -0.4 is 11.0 Å². The number of esters is 1. The SMILES string of the molecule is COCCOC(=O)Nc1ccn([C@@H]2O[C@H](COC(=O)CCc3ccccc3)[C@@H](O)C2(F)F)c(=O)n1. The first-order valence-electron chi connectivity index (χ1n) is 10.6. The number of amides is 1. The van der Waals surface area contributed by atoms with Crippen molar-refractivity contribution < 1.29 is 42.4 Å². The Kier molecular flexibility index (Phi) is 8.84. The van der Waals surface area contributed by atoms with E-state index >= 15 is 0 Å². The molecule has 3 rings (SSSR count). The van der Waals surface area contributed by atoms with E-state index in [4.69, 9.17) is 18.9 Å². The number of aliphatic hydroxyl groups is 1. The summed E-state index contributed by atoms with van der Waals surface area (Å²) in [4.78, 5) is 39.4. The Morgan fingerprint density at radius 2 is 1.94 bits per heavy atom. The largest absolute Gasteiger partial charge is 0.463 e. The zero-order chi connectivity index (χ0) is 25.4. The number of aliphatic hydroxyl groups excluding tert-OH is 1. The van der Waals surface area contributed by atoms with Crippen molar-refractivity contribution in [3.05, 3.63) is 58.6 Å². The molecule has 3 atom stereocenters. The summed E-state index contributed by atoms with van der Waals surface area (Å²) in [5, 5.41) is 12.2. The van der Waals surface area contributed by atoms with Crippen LogP contribution in [0.25, 0.3) is 0 Å². The van der Waals surface area contributed by atoms with Crippen molar-refractivity contribution in [2.75, 3.05) is 32.2 Å². The maximum atomic E-state index is 14.7. The molecule has 2 heterocycles. The van der Waals surface area contributed by atoms with Gasteiger partial charge in [0, 0.05) is 19.7 Å². The maximum Gasteiger partial charge on any atom is 0.412 e. The molecule has 1 saturated heterocycles. The van der Waals surface area contributed by atoms with Gasteiger partial charge in [0.2, 0.25) is 6.23 Å². The number of hydrogen-bond acceptors (Lipinski definition) is 9. The Hall–Kier alpha value is -3.42. The van der Waals surface area contributed by atoms with Crippen LogP contribution in [0.4, 0.5) is 19.4 Å². The number of alkyl halides is 2. The van der Waals surface area contributed by atoms with E-state index in [0.717, 1.165) is 17.8 Å². The highest BCUT2D eigenvalue weighted by atomic mass is 19.3. The lowest BCUT2D eigenvalue weighted by Gasteiger charge is -2.21. The highest BCUT2D eigenvalue weighted by Crippen LogP contribution is 2.42. The van der Waals surface area contributed by atoms with Crippen molar-refractivity contribution in [3.63, 3.8) is 0 Å². The number of halogens is 2. The Bertz CT molecular complexity index is 1070. The van der Waals surface area contributed by atoms with E-state index < -0.39 is 48.7 Å². The van der Waals surface area contributed by atoms with Gasteiger partial charge in [-0.1, -0.05) is 30.3 Å². The van der Waals surface area contributed by atoms with Crippen LogP contribution in [0.5, 0.6) is 0 Å². The van der Waals surface area contributed by atoms with Gasteiger partial charge in [-0.2, -0.15) is 13.8 Å². The molecular weight excluding hydrogens is 472 g/mol. The minimum absolute atomic E-state index is 0.0123. The molecule has 1 aromatic carbocycles. The Balaban J connectivity index is 1.58. The van der Waals surface area contributed by atoms with Gasteiger partial charge < -0.3 is 24.1 Å². The lowest BCUT2D eigenvalue weighted by atomic mass is 10.1. The van der Waals surface area contributed by atoms with Gasteiger partial charge in [0.1, 0.15) is 25.1 Å². The molecule has 1 fully saturated rings. The Morgan fingerprint density at radius 1 is 1.20 bits per heavy atom. The van der Waals surface area contributed by atoms with Crippen LogP contribution in [0.1, 0.15) is 18.2 Å². The quantitative estimate of drug-likeness (QED) is 0.369. The van der Waals surface area contributed by atoms with E-state index in [1.165, 1.54) is 7.11 Å². The molecule has 0 radical (unpaired) electrons. The number of benzene rings is 1. The topological polar surface area (TPSA) is 138 Å². The van der Waals surface area contributed by atoms with Crippen LogP contribution in [-0.2, 0) is 30.2 Å². The molecule has 0 aliphatic carbocycles. The van der Waals surface area contributed by atoms with Gasteiger partial charge >= 0.3 is 23.7 Å². The molecule has 11 nitrogen and oxygen atoms in total. The normalized spacial score (nSPS) is 20.9. The number of carbonyl (C=O) groups is 2. The van der Waals surface area contributed by atoms with Crippen LogP contribution in [0.2, 0.25) is 0 Å². The van der Waals surface area contributed by atoms with E-state index in [2.05, 4.69) is 10.3 Å². The molecule has 1 aliphatic heterocycles. The molecule has 2 aromatic rings. The number of hydrogen-bond donors (Lipinski definition) is 2. The fraction of sp³-hybridized carbons (Fsp3) is 0.455. The summed E-state index contributed by atoms with van der Waals surface area (Å²) in [5.74, 6) is -4.77. The minimum atomic E-state index is -3.89. The smallest absolute Gasteiger partial charge is 0.412 e. The number of methoxy groups -OCH3 is 1. The van der Waals surface area contributed by atoms with E-state index in [0.29, 0.717) is 11.0 Å². The van der Waals surface area contributed by atoms with E-state index in [1.807, 2.05) is 30.3 Å². The molecule has 0 saturated carbocycles. The molecule has 0 unspecified atom stereocenters. The molecule has 1 amide bonds. The summed E-state index contributed by atoms with van der Waals surface area (Å²) in [6, 6.07) is 10.2. The number of nitrogens with zero attached hydrogens (tertiary/aromatic N) is 2. The lowest BCUT2D eigenvalue weighted by Crippen LogP contribution is -2.42. The number of carbonyl (C=O) groups excluding carboxylic acids is 2. The monoisotopic (exact) mass is 497 g/mol. The predicted octanol–water partition coefficient (Wildman–Crippen LogP) is 1.51. The summed E-state index contributed by atoms with van der Waals surface area (Å²) in [6.45, 7) is -0.518. The lowest BCUT2D eigenvalue weighted by molar-refractivity contribution is -0.150. The van der Waals surface area contributed by atoms with Crippen LogP contribution >= 0.6 is 0 Å². The van der Waals surface area contributed by atoms with Crippen molar-refractivity contribution in [3.8, 4) is 0 Å². The highest BCUT2D eigenvalue weighted by molar-refractivity contribution is 5.83. The number of anilines is 1. The fourth-order valence-corrected chi connectivity index (χ4v) is 3.26. The first-order chi connectivity index (χ1) is 16.7. The second-order valence-electron chi connectivity index (χ2n) is 7.57. The standard InChI is InChI=1S/C22H25F2N3O8/c1-32-11-12-33-21(31)26-16-9-10-27(20(30)25-16)19-22(23,24)18(29)15(35-19)13-34-17(28)8-7-14-5-3-2-4-6-14/h2-6,9-10,15,18-19,29H,7-8,11-13H2,1H3,(H,25,26,30,31)/t15-,18-,19-/m1/s1. The molecular formula is C22H25F2N3O8. The van der Waals surface area contributed by atoms with Gasteiger partial charge in [-0.15, -0.1) is 0 Å². The van der Waals surface area contributed by atoms with Crippen LogP contribution in [0.3, 0.4) is 0 Å². The van der Waals surface area contributed by atoms with Gasteiger partial charge in [-0.25, -0.2) is 9.59 Å². The number of aryl methyl sites for hydroxylation is 1. The van der Waals surface area contributed by atoms with E-state index in [-0.39, 0.29) is 25.5 Å². The molecule has 35 heavy (non-hydrogen) atoms. The van der Waals surface area contributed by atoms with Gasteiger partial charge in [-0.05, 0) is 18.1 Å². The van der Waals surface area contributed by atoms with Crippen LogP contribution in [0, 0.1) is 0 Å². The third-order valence-electron chi connectivity index (χ3n) is 5.08. The predicted molar refractivity (Wildman–Crippen MR) is 116 cm³/mol. The molecule has 1 aliphatic rings. The molecule has 0 bridgehead atoms. The number of aromatic nitrogens is 2. The maximum absolute atomic E-state index is 14.7. The van der Waals surface area contributed by atoms with Crippen LogP contribution in [0.15, 0.2) is 47.4 Å². The van der Waals surface area contributed by atoms with Gasteiger partial charge in [0.25, 0.3) is 0 Å². The Morgan fingerprint density at radius 3 is 2.63 bits per heavy atom.